The van der Waals surface area contributed by atoms with Gasteiger partial charge in [0.2, 0.25) is 5.91 Å². The number of carboxylic acids is 1. The smallest absolute Gasteiger partial charge is 0.337 e. The van der Waals surface area contributed by atoms with E-state index in [1.54, 1.807) is 24.3 Å². The molecule has 0 atom stereocenters. The van der Waals surface area contributed by atoms with Crippen LogP contribution in [0.2, 0.25) is 5.02 Å². The van der Waals surface area contributed by atoms with Crippen LogP contribution >= 0.6 is 11.6 Å². The maximum Gasteiger partial charge on any atom is 0.337 e. The number of hydrogen-bond acceptors (Lipinski definition) is 4. The summed E-state index contributed by atoms with van der Waals surface area (Å²) in [5, 5.41) is 12.3. The Hall–Kier alpha value is -2.84. The van der Waals surface area contributed by atoms with Gasteiger partial charge in [-0.3, -0.25) is 4.79 Å². The summed E-state index contributed by atoms with van der Waals surface area (Å²) in [5.41, 5.74) is 0.238. The molecule has 1 heterocycles. The molecule has 0 bridgehead atoms. The number of amides is 1. The fraction of sp³-hybridized carbons (Fsp3) is 0.111. The summed E-state index contributed by atoms with van der Waals surface area (Å²) in [4.78, 5) is 22.8. The van der Waals surface area contributed by atoms with Gasteiger partial charge in [-0.2, -0.15) is 0 Å². The molecule has 3 aromatic rings. The third kappa shape index (κ3) is 3.54. The Balaban J connectivity index is 2.32. The molecule has 1 amide bonds. The lowest BCUT2D eigenvalue weighted by Gasteiger charge is -2.13. The molecule has 0 spiro atoms. The normalized spacial score (nSPS) is 11.5. The number of fused-ring (bicyclic) bond motifs is 1. The van der Waals surface area contributed by atoms with E-state index in [0.29, 0.717) is 5.39 Å². The molecule has 0 aliphatic carbocycles. The minimum atomic E-state index is -4.03. The molecule has 0 aliphatic heterocycles. The molecule has 0 radical (unpaired) electrons. The van der Waals surface area contributed by atoms with Gasteiger partial charge in [0, 0.05) is 12.3 Å². The van der Waals surface area contributed by atoms with Crippen LogP contribution in [0, 0.1) is 0 Å². The molecule has 2 aromatic carbocycles. The number of aromatic carboxylic acids is 1. The van der Waals surface area contributed by atoms with E-state index in [-0.39, 0.29) is 39.1 Å². The molecule has 0 fully saturated rings. The Morgan fingerprint density at radius 3 is 2.41 bits per heavy atom. The number of carbonyl (C=O) groups is 2. The summed E-state index contributed by atoms with van der Waals surface area (Å²) >= 11 is 6.01. The molecule has 1 aromatic heterocycles. The Morgan fingerprint density at radius 2 is 1.81 bits per heavy atom. The second-order valence-electron chi connectivity index (χ2n) is 5.82. The van der Waals surface area contributed by atoms with E-state index in [1.165, 1.54) is 31.2 Å². The van der Waals surface area contributed by atoms with Gasteiger partial charge in [0.05, 0.1) is 33.2 Å². The van der Waals surface area contributed by atoms with Crippen molar-refractivity contribution in [3.63, 3.8) is 0 Å². The van der Waals surface area contributed by atoms with E-state index in [1.807, 2.05) is 0 Å². The molecule has 0 saturated heterocycles. The molecule has 7 nitrogen and oxygen atoms in total. The number of benzene rings is 2. The summed E-state index contributed by atoms with van der Waals surface area (Å²) in [7, 11) is -4.03. The van der Waals surface area contributed by atoms with Crippen LogP contribution in [0.3, 0.4) is 0 Å². The summed E-state index contributed by atoms with van der Waals surface area (Å²) in [6.07, 6.45) is 0. The van der Waals surface area contributed by atoms with Gasteiger partial charge in [0.15, 0.2) is 0 Å². The number of carboxylic acid groups (broad SMARTS) is 1. The molecule has 0 aliphatic rings. The van der Waals surface area contributed by atoms with E-state index in [0.717, 1.165) is 3.97 Å². The van der Waals surface area contributed by atoms with Gasteiger partial charge in [-0.1, -0.05) is 29.8 Å². The van der Waals surface area contributed by atoms with Gasteiger partial charge in [0.1, 0.15) is 0 Å². The van der Waals surface area contributed by atoms with E-state index < -0.39 is 16.0 Å². The lowest BCUT2D eigenvalue weighted by Crippen LogP contribution is -2.23. The number of hydrogen-bond donors (Lipinski definition) is 2. The Bertz CT molecular complexity index is 1150. The van der Waals surface area contributed by atoms with Crippen molar-refractivity contribution in [2.24, 2.45) is 0 Å². The number of nitrogens with one attached hydrogen (secondary N) is 1. The zero-order chi connectivity index (χ0) is 19.8. The maximum atomic E-state index is 13.2. The minimum absolute atomic E-state index is 0.00432. The van der Waals surface area contributed by atoms with Crippen LogP contribution in [-0.4, -0.2) is 29.4 Å². The average molecular weight is 407 g/mol. The van der Waals surface area contributed by atoms with Crippen LogP contribution in [0.1, 0.15) is 23.0 Å². The van der Waals surface area contributed by atoms with Crippen LogP contribution in [0.4, 0.5) is 0 Å². The molecule has 27 heavy (non-hydrogen) atoms. The third-order valence-corrected chi connectivity index (χ3v) is 6.04. The lowest BCUT2D eigenvalue weighted by atomic mass is 10.1. The Morgan fingerprint density at radius 1 is 1.15 bits per heavy atom. The van der Waals surface area contributed by atoms with Crippen LogP contribution in [-0.2, 0) is 21.4 Å². The monoisotopic (exact) mass is 406 g/mol. The zero-order valence-electron chi connectivity index (χ0n) is 14.1. The molecule has 3 rings (SSSR count). The molecule has 0 unspecified atom stereocenters. The lowest BCUT2D eigenvalue weighted by molar-refractivity contribution is -0.119. The predicted octanol–water partition coefficient (Wildman–Crippen LogP) is 2.87. The largest absolute Gasteiger partial charge is 0.478 e. The highest BCUT2D eigenvalue weighted by atomic mass is 35.5. The van der Waals surface area contributed by atoms with Crippen molar-refractivity contribution < 1.29 is 23.1 Å². The van der Waals surface area contributed by atoms with Gasteiger partial charge in [-0.25, -0.2) is 17.2 Å². The third-order valence-electron chi connectivity index (χ3n) is 3.95. The van der Waals surface area contributed by atoms with E-state index in [2.05, 4.69) is 5.32 Å². The molecule has 140 valence electrons. The van der Waals surface area contributed by atoms with E-state index >= 15 is 0 Å². The summed E-state index contributed by atoms with van der Waals surface area (Å²) in [6, 6.07) is 11.9. The molecule has 2 N–H and O–H groups in total. The number of nitrogens with zero attached hydrogens (tertiary/aromatic N) is 1. The highest BCUT2D eigenvalue weighted by Gasteiger charge is 2.24. The fourth-order valence-corrected chi connectivity index (χ4v) is 4.55. The first-order chi connectivity index (χ1) is 12.7. The van der Waals surface area contributed by atoms with Crippen molar-refractivity contribution in [2.75, 3.05) is 0 Å². The first kappa shape index (κ1) is 18.9. The maximum absolute atomic E-state index is 13.2. The predicted molar refractivity (Wildman–Crippen MR) is 100 cm³/mol. The average Bonchev–Trinajstić information content (AvgIpc) is 2.97. The van der Waals surface area contributed by atoms with E-state index in [4.69, 9.17) is 11.6 Å². The zero-order valence-corrected chi connectivity index (χ0v) is 15.7. The molecule has 9 heteroatoms. The van der Waals surface area contributed by atoms with Crippen LogP contribution in [0.5, 0.6) is 0 Å². The number of rotatable bonds is 5. The van der Waals surface area contributed by atoms with Crippen molar-refractivity contribution in [1.29, 1.82) is 0 Å². The Kier molecular flexibility index (Phi) is 4.95. The van der Waals surface area contributed by atoms with E-state index in [9.17, 15) is 23.1 Å². The number of halogens is 1. The van der Waals surface area contributed by atoms with Gasteiger partial charge in [-0.15, -0.1) is 0 Å². The van der Waals surface area contributed by atoms with Crippen LogP contribution in [0.15, 0.2) is 53.4 Å². The molecular formula is C18H15ClN2O5S. The van der Waals surface area contributed by atoms with Crippen molar-refractivity contribution in [2.45, 2.75) is 18.4 Å². The minimum Gasteiger partial charge on any atom is -0.478 e. The first-order valence-electron chi connectivity index (χ1n) is 7.84. The van der Waals surface area contributed by atoms with Gasteiger partial charge >= 0.3 is 5.97 Å². The van der Waals surface area contributed by atoms with Gasteiger partial charge in [0.25, 0.3) is 10.0 Å². The van der Waals surface area contributed by atoms with Crippen LogP contribution < -0.4 is 5.32 Å². The fourth-order valence-electron chi connectivity index (χ4n) is 2.75. The van der Waals surface area contributed by atoms with Gasteiger partial charge in [-0.05, 0) is 30.3 Å². The quantitative estimate of drug-likeness (QED) is 0.677. The van der Waals surface area contributed by atoms with Crippen LogP contribution in [0.25, 0.3) is 10.9 Å². The number of aromatic nitrogens is 1. The summed E-state index contributed by atoms with van der Waals surface area (Å²) in [5.74, 6) is -1.59. The summed E-state index contributed by atoms with van der Waals surface area (Å²) in [6.45, 7) is 1.27. The van der Waals surface area contributed by atoms with Gasteiger partial charge < -0.3 is 10.4 Å². The summed E-state index contributed by atoms with van der Waals surface area (Å²) < 4.78 is 27.5. The van der Waals surface area contributed by atoms with Crippen molar-refractivity contribution >= 4 is 44.4 Å². The Labute approximate surface area is 160 Å². The standard InChI is InChI=1S/C18H15ClN2O5S/c1-11(22)20-10-13-7-12-8-16(19)15(18(23)24)9-17(12)21(13)27(25,26)14-5-3-2-4-6-14/h2-9H,10H2,1H3,(H,20,22)(H,23,24). The first-order valence-corrected chi connectivity index (χ1v) is 9.66. The van der Waals surface area contributed by atoms with Crippen molar-refractivity contribution in [1.82, 2.24) is 9.29 Å². The highest BCUT2D eigenvalue weighted by Crippen LogP contribution is 2.30. The SMILES string of the molecule is CC(=O)NCc1cc2cc(Cl)c(C(=O)O)cc2n1S(=O)(=O)c1ccccc1. The highest BCUT2D eigenvalue weighted by molar-refractivity contribution is 7.90. The second-order valence-corrected chi connectivity index (χ2v) is 8.02. The van der Waals surface area contributed by atoms with Crippen molar-refractivity contribution in [3.8, 4) is 0 Å². The second kappa shape index (κ2) is 7.05. The molecule has 0 saturated carbocycles. The van der Waals surface area contributed by atoms with Crippen molar-refractivity contribution in [3.05, 3.63) is 64.8 Å². The molecular weight excluding hydrogens is 392 g/mol. The number of carbonyl (C=O) groups excluding carboxylic acids is 1. The topological polar surface area (TPSA) is 105 Å².